The summed E-state index contributed by atoms with van der Waals surface area (Å²) in [5.41, 5.74) is 0. The Bertz CT molecular complexity index is 480. The molecule has 1 heterocycles. The van der Waals surface area contributed by atoms with Crippen LogP contribution < -0.4 is 0 Å². The van der Waals surface area contributed by atoms with Crippen LogP contribution in [0.3, 0.4) is 0 Å². The molecule has 0 unspecified atom stereocenters. The summed E-state index contributed by atoms with van der Waals surface area (Å²) in [7, 11) is -4.32. The van der Waals surface area contributed by atoms with Crippen molar-refractivity contribution in [1.29, 1.82) is 0 Å². The molecule has 0 bridgehead atoms. The summed E-state index contributed by atoms with van der Waals surface area (Å²) in [6, 6.07) is -0.636. The van der Waals surface area contributed by atoms with Gasteiger partial charge in [-0.1, -0.05) is 41.5 Å². The van der Waals surface area contributed by atoms with Crippen LogP contribution in [-0.4, -0.2) is 47.5 Å². The van der Waals surface area contributed by atoms with Gasteiger partial charge in [0.25, 0.3) is 0 Å². The van der Waals surface area contributed by atoms with Crippen molar-refractivity contribution in [3.05, 3.63) is 0 Å². The van der Waals surface area contributed by atoms with Gasteiger partial charge in [0.1, 0.15) is 12.1 Å². The topological polar surface area (TPSA) is 30.8 Å². The second-order valence-corrected chi connectivity index (χ2v) is 19.5. The molecule has 0 amide bonds. The molecule has 0 saturated heterocycles. The van der Waals surface area contributed by atoms with Crippen LogP contribution in [0.4, 0.5) is 8.78 Å². The third kappa shape index (κ3) is 4.74. The number of alkyl halides is 2. The molecule has 0 radical (unpaired) electrons. The van der Waals surface area contributed by atoms with Crippen LogP contribution >= 0.6 is 0 Å². The second kappa shape index (κ2) is 6.56. The van der Waals surface area contributed by atoms with Gasteiger partial charge in [-0.25, -0.2) is 0 Å². The summed E-state index contributed by atoms with van der Waals surface area (Å²) >= 11 is 0. The molecule has 0 fully saturated rings. The maximum atomic E-state index is 14.3. The highest BCUT2D eigenvalue weighted by Gasteiger charge is 2.53. The normalized spacial score (nSPS) is 25.3. The van der Waals surface area contributed by atoms with Gasteiger partial charge in [-0.3, -0.25) is 4.99 Å². The summed E-state index contributed by atoms with van der Waals surface area (Å²) in [4.78, 5) is 4.04. The molecule has 0 aliphatic carbocycles. The zero-order valence-corrected chi connectivity index (χ0v) is 19.0. The van der Waals surface area contributed by atoms with Gasteiger partial charge in [-0.2, -0.15) is 8.78 Å². The number of halogens is 2. The SMILES string of the molecule is CC(C)(C)[Si](C)(C)OC[C@H]1N=CC(F)(F)[C@@H]1O[Si](C)(C)C(C)(C)C. The fraction of sp³-hybridized carbons (Fsp3) is 0.941. The smallest absolute Gasteiger partial charge is 0.309 e. The summed E-state index contributed by atoms with van der Waals surface area (Å²) in [6.07, 6.45) is -0.465. The van der Waals surface area contributed by atoms with E-state index >= 15 is 0 Å². The zero-order chi connectivity index (χ0) is 19.2. The summed E-state index contributed by atoms with van der Waals surface area (Å²) in [6.45, 7) is 21.0. The lowest BCUT2D eigenvalue weighted by Crippen LogP contribution is -2.53. The number of hydrogen-bond acceptors (Lipinski definition) is 3. The van der Waals surface area contributed by atoms with Gasteiger partial charge in [0.15, 0.2) is 16.6 Å². The van der Waals surface area contributed by atoms with Crippen molar-refractivity contribution in [2.75, 3.05) is 6.61 Å². The van der Waals surface area contributed by atoms with Crippen LogP contribution in [0.1, 0.15) is 41.5 Å². The third-order valence-electron chi connectivity index (χ3n) is 5.82. The Balaban J connectivity index is 2.90. The quantitative estimate of drug-likeness (QED) is 0.592. The Labute approximate surface area is 148 Å². The van der Waals surface area contributed by atoms with Crippen LogP contribution in [0.5, 0.6) is 0 Å². The Morgan fingerprint density at radius 1 is 0.958 bits per heavy atom. The minimum absolute atomic E-state index is 0.0353. The van der Waals surface area contributed by atoms with Gasteiger partial charge in [0.2, 0.25) is 0 Å². The Hall–Kier alpha value is -0.116. The van der Waals surface area contributed by atoms with Gasteiger partial charge in [0, 0.05) is 0 Å². The molecule has 0 aromatic heterocycles. The van der Waals surface area contributed by atoms with E-state index in [9.17, 15) is 8.78 Å². The van der Waals surface area contributed by atoms with Gasteiger partial charge >= 0.3 is 5.92 Å². The molecule has 1 rings (SSSR count). The summed E-state index contributed by atoms with van der Waals surface area (Å²) < 4.78 is 40.8. The molecule has 142 valence electrons. The Kier molecular flexibility index (Phi) is 5.99. The molecule has 0 aromatic carbocycles. The molecule has 3 nitrogen and oxygen atoms in total. The van der Waals surface area contributed by atoms with Gasteiger partial charge in [0.05, 0.1) is 12.8 Å². The fourth-order valence-corrected chi connectivity index (χ4v) is 4.22. The van der Waals surface area contributed by atoms with Gasteiger partial charge in [-0.15, -0.1) is 0 Å². The first-order valence-electron chi connectivity index (χ1n) is 8.65. The van der Waals surface area contributed by atoms with E-state index in [4.69, 9.17) is 8.85 Å². The predicted molar refractivity (Wildman–Crippen MR) is 102 cm³/mol. The summed E-state index contributed by atoms with van der Waals surface area (Å²) in [5.74, 6) is -3.03. The van der Waals surface area contributed by atoms with Crippen molar-refractivity contribution < 1.29 is 17.6 Å². The summed E-state index contributed by atoms with van der Waals surface area (Å²) in [5, 5.41) is -0.0931. The van der Waals surface area contributed by atoms with Crippen LogP contribution in [0.25, 0.3) is 0 Å². The van der Waals surface area contributed by atoms with E-state index in [0.717, 1.165) is 6.21 Å². The molecule has 7 heteroatoms. The molecule has 0 N–H and O–H groups in total. The van der Waals surface area contributed by atoms with Crippen molar-refractivity contribution in [3.8, 4) is 0 Å². The number of rotatable bonds is 5. The Morgan fingerprint density at radius 2 is 1.42 bits per heavy atom. The van der Waals surface area contributed by atoms with Crippen molar-refractivity contribution in [1.82, 2.24) is 0 Å². The first-order chi connectivity index (χ1) is 10.4. The lowest BCUT2D eigenvalue weighted by molar-refractivity contribution is -0.0469. The van der Waals surface area contributed by atoms with Crippen molar-refractivity contribution in [2.24, 2.45) is 4.99 Å². The molecular formula is C17H35F2NO2Si2. The molecule has 1 aliphatic heterocycles. The van der Waals surface area contributed by atoms with Gasteiger partial charge < -0.3 is 8.85 Å². The second-order valence-electron chi connectivity index (χ2n) is 9.89. The third-order valence-corrected chi connectivity index (χ3v) is 14.8. The predicted octanol–water partition coefficient (Wildman–Crippen LogP) is 5.49. The fourth-order valence-electron chi connectivity index (χ4n) is 1.90. The molecular weight excluding hydrogens is 344 g/mol. The highest BCUT2D eigenvalue weighted by molar-refractivity contribution is 6.74. The molecule has 0 saturated carbocycles. The maximum absolute atomic E-state index is 14.3. The lowest BCUT2D eigenvalue weighted by Gasteiger charge is -2.41. The average Bonchev–Trinajstić information content (AvgIpc) is 2.60. The van der Waals surface area contributed by atoms with Gasteiger partial charge in [-0.05, 0) is 36.3 Å². The molecule has 2 atom stereocenters. The van der Waals surface area contributed by atoms with Crippen LogP contribution in [0.15, 0.2) is 4.99 Å². The lowest BCUT2D eigenvalue weighted by atomic mass is 10.1. The van der Waals surface area contributed by atoms with Crippen molar-refractivity contribution in [2.45, 2.75) is 95.9 Å². The monoisotopic (exact) mass is 379 g/mol. The van der Waals surface area contributed by atoms with E-state index in [2.05, 4.69) is 38.9 Å². The number of hydrogen-bond donors (Lipinski definition) is 0. The largest absolute Gasteiger partial charge is 0.415 e. The molecule has 1 aliphatic rings. The van der Waals surface area contributed by atoms with E-state index in [-0.39, 0.29) is 16.7 Å². The standard InChI is InChI=1S/C17H35F2NO2Si2/c1-15(2,3)23(7,8)21-11-13-14(17(18,19)12-20-13)22-24(9,10)16(4,5)6/h12-14H,11H2,1-10H3/t13-,14-/m1/s1. The van der Waals surface area contributed by atoms with E-state index in [1.807, 2.05) is 33.9 Å². The van der Waals surface area contributed by atoms with E-state index < -0.39 is 34.7 Å². The molecule has 24 heavy (non-hydrogen) atoms. The number of aliphatic imine (C=N–C) groups is 1. The van der Waals surface area contributed by atoms with Crippen LogP contribution in [0.2, 0.25) is 36.3 Å². The average molecular weight is 380 g/mol. The Morgan fingerprint density at radius 3 is 1.83 bits per heavy atom. The van der Waals surface area contributed by atoms with Crippen LogP contribution in [-0.2, 0) is 8.85 Å². The zero-order valence-electron chi connectivity index (χ0n) is 17.0. The van der Waals surface area contributed by atoms with E-state index in [1.165, 1.54) is 0 Å². The highest BCUT2D eigenvalue weighted by Crippen LogP contribution is 2.42. The molecule has 0 aromatic rings. The first-order valence-corrected chi connectivity index (χ1v) is 14.5. The minimum Gasteiger partial charge on any atom is -0.415 e. The van der Waals surface area contributed by atoms with E-state index in [0.29, 0.717) is 0 Å². The highest BCUT2D eigenvalue weighted by atomic mass is 28.4. The van der Waals surface area contributed by atoms with Crippen molar-refractivity contribution >= 4 is 22.8 Å². The number of nitrogens with zero attached hydrogens (tertiary/aromatic N) is 1. The maximum Gasteiger partial charge on any atom is 0.309 e. The van der Waals surface area contributed by atoms with E-state index in [1.54, 1.807) is 0 Å². The van der Waals surface area contributed by atoms with Crippen LogP contribution in [0, 0.1) is 0 Å². The molecule has 0 spiro atoms. The first kappa shape index (κ1) is 21.9. The van der Waals surface area contributed by atoms with Crippen molar-refractivity contribution in [3.63, 3.8) is 0 Å². The minimum atomic E-state index is -3.03.